The van der Waals surface area contributed by atoms with Crippen molar-refractivity contribution in [3.8, 4) is 0 Å². The van der Waals surface area contributed by atoms with E-state index < -0.39 is 12.2 Å². The average Bonchev–Trinajstić information content (AvgIpc) is 1.61. The molecule has 0 aliphatic rings. The van der Waals surface area contributed by atoms with Crippen LogP contribution >= 0.6 is 0 Å². The molecule has 8 heteroatoms. The molecule has 8 N–H and O–H groups in total. The van der Waals surface area contributed by atoms with E-state index in [1.54, 1.807) is 0 Å². The highest BCUT2D eigenvalue weighted by atomic mass is 16.4. The van der Waals surface area contributed by atoms with Gasteiger partial charge in [0.2, 0.25) is 0 Å². The minimum absolute atomic E-state index is 0. The van der Waals surface area contributed by atoms with Crippen LogP contribution in [0, 0.1) is 0 Å². The molecule has 0 radical (unpaired) electrons. The zero-order valence-corrected chi connectivity index (χ0v) is 5.02. The van der Waals surface area contributed by atoms with Crippen molar-refractivity contribution >= 4 is 12.2 Å². The molecular formula is C2H8N4O4. The zero-order chi connectivity index (χ0) is 6.57. The molecule has 0 aromatic rings. The third kappa shape index (κ3) is 16.1. The molecule has 0 rings (SSSR count). The molecule has 0 aromatic heterocycles. The molecule has 0 aromatic carbocycles. The maximum atomic E-state index is 9.38. The van der Waals surface area contributed by atoms with E-state index in [1.807, 2.05) is 0 Å². The quantitative estimate of drug-likeness (QED) is 0.378. The van der Waals surface area contributed by atoms with Crippen molar-refractivity contribution in [1.82, 2.24) is 12.3 Å². The number of amides is 2. The van der Waals surface area contributed by atoms with Crippen LogP contribution in [0.4, 0.5) is 9.59 Å². The molecule has 0 fully saturated rings. The lowest BCUT2D eigenvalue weighted by molar-refractivity contribution is 0.194. The number of carboxylic acid groups (broad SMARTS) is 2. The predicted molar refractivity (Wildman–Crippen MR) is 30.9 cm³/mol. The minimum atomic E-state index is -1.62. The monoisotopic (exact) mass is 152 g/mol. The van der Waals surface area contributed by atoms with Gasteiger partial charge in [0, 0.05) is 0 Å². The smallest absolute Gasteiger partial charge is 0.450 e. The second-order valence-corrected chi connectivity index (χ2v) is 0.765. The van der Waals surface area contributed by atoms with Crippen LogP contribution in [0.5, 0.6) is 0 Å². The molecule has 0 heterocycles. The maximum Gasteiger partial charge on any atom is 0.450 e. The van der Waals surface area contributed by atoms with Crippen LogP contribution in [0.3, 0.4) is 0 Å². The Morgan fingerprint density at radius 1 is 0.900 bits per heavy atom. The molecule has 0 bridgehead atoms. The number of carbonyl (C=O) groups is 2. The van der Waals surface area contributed by atoms with Crippen molar-refractivity contribution in [1.29, 1.82) is 0 Å². The van der Waals surface area contributed by atoms with Gasteiger partial charge in [-0.05, 0) is 0 Å². The van der Waals surface area contributed by atoms with Crippen molar-refractivity contribution in [2.24, 2.45) is 10.2 Å². The third-order valence-electron chi connectivity index (χ3n) is 0.221. The third-order valence-corrected chi connectivity index (χ3v) is 0.221. The molecule has 0 aliphatic heterocycles. The van der Waals surface area contributed by atoms with Gasteiger partial charge in [-0.25, -0.2) is 9.59 Å². The van der Waals surface area contributed by atoms with Crippen molar-refractivity contribution in [3.63, 3.8) is 0 Å². The van der Waals surface area contributed by atoms with Gasteiger partial charge < -0.3 is 22.5 Å². The Morgan fingerprint density at radius 2 is 1.10 bits per heavy atom. The minimum Gasteiger partial charge on any atom is -0.462 e. The first-order chi connectivity index (χ1) is 3.63. The summed E-state index contributed by atoms with van der Waals surface area (Å²) in [6.07, 6.45) is -3.24. The first-order valence-corrected chi connectivity index (χ1v) is 1.50. The molecule has 0 unspecified atom stereocenters. The summed E-state index contributed by atoms with van der Waals surface area (Å²) in [5.74, 6) is 0. The largest absolute Gasteiger partial charge is 0.462 e. The van der Waals surface area contributed by atoms with Crippen LogP contribution in [0.25, 0.3) is 0 Å². The average molecular weight is 152 g/mol. The van der Waals surface area contributed by atoms with Gasteiger partial charge in [-0.15, -0.1) is 0 Å². The topological polar surface area (TPSA) is 169 Å². The number of azo groups is 1. The van der Waals surface area contributed by atoms with Gasteiger partial charge in [0.05, 0.1) is 0 Å². The maximum absolute atomic E-state index is 9.38. The standard InChI is InChI=1S/C2H2N2O4.2H3N/c5-1(6)3-4-2(7)8;;/h(H,5,6)(H,7,8);2*1H3. The normalized spacial score (nSPS) is 7.60. The van der Waals surface area contributed by atoms with Gasteiger partial charge in [-0.3, -0.25) is 0 Å². The fourth-order valence-electron chi connectivity index (χ4n) is 0.0855. The summed E-state index contributed by atoms with van der Waals surface area (Å²) in [4.78, 5) is 18.8. The van der Waals surface area contributed by atoms with Gasteiger partial charge in [-0.2, -0.15) is 0 Å². The van der Waals surface area contributed by atoms with Crippen molar-refractivity contribution in [2.75, 3.05) is 0 Å². The number of nitrogens with zero attached hydrogens (tertiary/aromatic N) is 2. The molecule has 0 spiro atoms. The zero-order valence-electron chi connectivity index (χ0n) is 5.02. The first-order valence-electron chi connectivity index (χ1n) is 1.50. The van der Waals surface area contributed by atoms with Crippen LogP contribution in [-0.2, 0) is 0 Å². The van der Waals surface area contributed by atoms with Gasteiger partial charge in [0.15, 0.2) is 0 Å². The van der Waals surface area contributed by atoms with Crippen LogP contribution in [-0.4, -0.2) is 22.4 Å². The van der Waals surface area contributed by atoms with Crippen LogP contribution in [0.1, 0.15) is 0 Å². The molecule has 2 amide bonds. The van der Waals surface area contributed by atoms with E-state index in [0.29, 0.717) is 0 Å². The summed E-state index contributed by atoms with van der Waals surface area (Å²) in [6.45, 7) is 0. The highest BCUT2D eigenvalue weighted by molar-refractivity contribution is 5.70. The molecular weight excluding hydrogens is 144 g/mol. The lowest BCUT2D eigenvalue weighted by atomic mass is 11.2. The van der Waals surface area contributed by atoms with E-state index in [-0.39, 0.29) is 12.3 Å². The summed E-state index contributed by atoms with van der Waals surface area (Å²) in [5.41, 5.74) is 0. The van der Waals surface area contributed by atoms with E-state index in [1.165, 1.54) is 0 Å². The fraction of sp³-hybridized carbons (Fsp3) is 0. The Labute approximate surface area is 55.7 Å². The second kappa shape index (κ2) is 7.46. The molecule has 0 atom stereocenters. The van der Waals surface area contributed by atoms with Gasteiger partial charge in [0.25, 0.3) is 0 Å². The molecule has 0 saturated carbocycles. The van der Waals surface area contributed by atoms with E-state index in [2.05, 4.69) is 10.2 Å². The summed E-state index contributed by atoms with van der Waals surface area (Å²) in [5, 5.41) is 19.8. The highest BCUT2D eigenvalue weighted by Gasteiger charge is 1.91. The SMILES string of the molecule is N.N.O=C(O)N=NC(=O)O. The number of rotatable bonds is 0. The summed E-state index contributed by atoms with van der Waals surface area (Å²) >= 11 is 0. The Bertz CT molecular complexity index is 126. The molecule has 10 heavy (non-hydrogen) atoms. The molecule has 0 saturated heterocycles. The first kappa shape index (κ1) is 15.8. The number of hydrogen-bond donors (Lipinski definition) is 4. The molecule has 0 aliphatic carbocycles. The summed E-state index contributed by atoms with van der Waals surface area (Å²) < 4.78 is 0. The summed E-state index contributed by atoms with van der Waals surface area (Å²) in [7, 11) is 0. The van der Waals surface area contributed by atoms with Crippen LogP contribution in [0.2, 0.25) is 0 Å². The Morgan fingerprint density at radius 3 is 1.20 bits per heavy atom. The molecule has 8 nitrogen and oxygen atoms in total. The van der Waals surface area contributed by atoms with E-state index in [9.17, 15) is 9.59 Å². The number of hydrogen-bond acceptors (Lipinski definition) is 4. The van der Waals surface area contributed by atoms with Gasteiger partial charge in [-0.1, -0.05) is 10.2 Å². The predicted octanol–water partition coefficient (Wildman–Crippen LogP) is 1.12. The second-order valence-electron chi connectivity index (χ2n) is 0.765. The van der Waals surface area contributed by atoms with E-state index >= 15 is 0 Å². The van der Waals surface area contributed by atoms with Gasteiger partial charge in [0.1, 0.15) is 0 Å². The Hall–Kier alpha value is -1.54. The van der Waals surface area contributed by atoms with E-state index in [4.69, 9.17) is 10.2 Å². The Balaban J connectivity index is -0.000000245. The van der Waals surface area contributed by atoms with Gasteiger partial charge >= 0.3 is 12.2 Å². The lowest BCUT2D eigenvalue weighted by Gasteiger charge is -1.72. The highest BCUT2D eigenvalue weighted by Crippen LogP contribution is 1.76. The lowest BCUT2D eigenvalue weighted by Crippen LogP contribution is -1.87. The van der Waals surface area contributed by atoms with Crippen molar-refractivity contribution in [3.05, 3.63) is 0 Å². The summed E-state index contributed by atoms with van der Waals surface area (Å²) in [6, 6.07) is 0. The van der Waals surface area contributed by atoms with Crippen LogP contribution in [0.15, 0.2) is 10.2 Å². The van der Waals surface area contributed by atoms with Crippen molar-refractivity contribution < 1.29 is 19.8 Å². The molecule has 60 valence electrons. The Kier molecular flexibility index (Phi) is 11.8. The van der Waals surface area contributed by atoms with Crippen molar-refractivity contribution in [2.45, 2.75) is 0 Å². The van der Waals surface area contributed by atoms with E-state index in [0.717, 1.165) is 0 Å². The fourth-order valence-corrected chi connectivity index (χ4v) is 0.0855. The van der Waals surface area contributed by atoms with Crippen LogP contribution < -0.4 is 12.3 Å².